The number of hydrogen-bond acceptors (Lipinski definition) is 2. The predicted molar refractivity (Wildman–Crippen MR) is 64.9 cm³/mol. The maximum absolute atomic E-state index is 6.02. The molecule has 1 aromatic heterocycles. The Morgan fingerprint density at radius 2 is 2.07 bits per heavy atom. The Hall–Kier alpha value is -0.930. The molecule has 0 bridgehead atoms. The Labute approximate surface area is 97.8 Å². The topological polar surface area (TPSA) is 40.7 Å². The number of aromatic amines is 1. The predicted octanol–water partition coefficient (Wildman–Crippen LogP) is 3.69. The van der Waals surface area contributed by atoms with Crippen LogP contribution in [0, 0.1) is 0 Å². The summed E-state index contributed by atoms with van der Waals surface area (Å²) in [5.74, 6) is 0.712. The summed E-state index contributed by atoms with van der Waals surface area (Å²) in [6, 6.07) is 3.81. The van der Waals surface area contributed by atoms with Crippen LogP contribution in [0.4, 0.5) is 5.95 Å². The molecule has 0 aliphatic rings. The lowest BCUT2D eigenvalue weighted by atomic mass is 10.3. The number of imidazole rings is 1. The summed E-state index contributed by atoms with van der Waals surface area (Å²) in [6.45, 7) is 4.09. The van der Waals surface area contributed by atoms with Gasteiger partial charge in [-0.1, -0.05) is 23.2 Å². The average Bonchev–Trinajstić information content (AvgIpc) is 2.45. The lowest BCUT2D eigenvalue weighted by molar-refractivity contribution is 0.883. The molecule has 2 N–H and O–H groups in total. The standard InChI is InChI=1S/C10H11Cl2N3/c1-5(2)13-10-14-8-4-6(11)3-7(12)9(8)15-10/h3-5H,1-2H3,(H2,13,14,15). The zero-order chi connectivity index (χ0) is 11.0. The number of aromatic nitrogens is 2. The molecular weight excluding hydrogens is 233 g/mol. The third kappa shape index (κ3) is 2.19. The average molecular weight is 244 g/mol. The molecule has 0 aliphatic carbocycles. The van der Waals surface area contributed by atoms with Gasteiger partial charge in [0.2, 0.25) is 5.95 Å². The number of rotatable bonds is 2. The van der Waals surface area contributed by atoms with E-state index in [-0.39, 0.29) is 0 Å². The van der Waals surface area contributed by atoms with Crippen LogP contribution < -0.4 is 5.32 Å². The Morgan fingerprint density at radius 3 is 2.73 bits per heavy atom. The molecular formula is C10H11Cl2N3. The largest absolute Gasteiger partial charge is 0.354 e. The normalized spacial score (nSPS) is 11.3. The van der Waals surface area contributed by atoms with Gasteiger partial charge in [-0.05, 0) is 26.0 Å². The van der Waals surface area contributed by atoms with Crippen LogP contribution in [0.3, 0.4) is 0 Å². The number of halogens is 2. The SMILES string of the molecule is CC(C)Nc1nc2c(Cl)cc(Cl)cc2[nH]1. The first-order valence-electron chi connectivity index (χ1n) is 4.67. The van der Waals surface area contributed by atoms with Gasteiger partial charge in [-0.2, -0.15) is 0 Å². The van der Waals surface area contributed by atoms with E-state index in [2.05, 4.69) is 15.3 Å². The van der Waals surface area contributed by atoms with Crippen LogP contribution in [-0.2, 0) is 0 Å². The van der Waals surface area contributed by atoms with Gasteiger partial charge in [0.05, 0.1) is 10.5 Å². The van der Waals surface area contributed by atoms with Crippen LogP contribution in [0.2, 0.25) is 10.0 Å². The summed E-state index contributed by atoms with van der Waals surface area (Å²) in [6.07, 6.45) is 0. The molecule has 0 unspecified atom stereocenters. The summed E-state index contributed by atoms with van der Waals surface area (Å²) in [4.78, 5) is 7.45. The quantitative estimate of drug-likeness (QED) is 0.845. The van der Waals surface area contributed by atoms with Gasteiger partial charge >= 0.3 is 0 Å². The third-order valence-electron chi connectivity index (χ3n) is 1.93. The minimum atomic E-state index is 0.319. The first-order valence-corrected chi connectivity index (χ1v) is 5.43. The number of H-pyrrole nitrogens is 1. The highest BCUT2D eigenvalue weighted by atomic mass is 35.5. The number of hydrogen-bond donors (Lipinski definition) is 2. The summed E-state index contributed by atoms with van der Waals surface area (Å²) >= 11 is 11.9. The summed E-state index contributed by atoms with van der Waals surface area (Å²) in [5, 5.41) is 4.34. The monoisotopic (exact) mass is 243 g/mol. The van der Waals surface area contributed by atoms with Gasteiger partial charge in [-0.15, -0.1) is 0 Å². The van der Waals surface area contributed by atoms with Crippen molar-refractivity contribution in [2.45, 2.75) is 19.9 Å². The lowest BCUT2D eigenvalue weighted by Crippen LogP contribution is -2.10. The van der Waals surface area contributed by atoms with Crippen molar-refractivity contribution in [3.05, 3.63) is 22.2 Å². The third-order valence-corrected chi connectivity index (χ3v) is 2.44. The molecule has 3 nitrogen and oxygen atoms in total. The van der Waals surface area contributed by atoms with Gasteiger partial charge in [-0.25, -0.2) is 4.98 Å². The number of fused-ring (bicyclic) bond motifs is 1. The zero-order valence-corrected chi connectivity index (χ0v) is 9.95. The van der Waals surface area contributed by atoms with Gasteiger partial charge in [0, 0.05) is 11.1 Å². The van der Waals surface area contributed by atoms with Crippen molar-refractivity contribution in [3.8, 4) is 0 Å². The molecule has 0 saturated carbocycles. The molecule has 0 atom stereocenters. The van der Waals surface area contributed by atoms with Crippen molar-refractivity contribution in [2.24, 2.45) is 0 Å². The van der Waals surface area contributed by atoms with E-state index in [9.17, 15) is 0 Å². The molecule has 0 radical (unpaired) electrons. The maximum Gasteiger partial charge on any atom is 0.201 e. The second kappa shape index (κ2) is 3.91. The highest BCUT2D eigenvalue weighted by molar-refractivity contribution is 6.38. The van der Waals surface area contributed by atoms with E-state index >= 15 is 0 Å². The minimum Gasteiger partial charge on any atom is -0.354 e. The highest BCUT2D eigenvalue weighted by Gasteiger charge is 2.08. The number of nitrogens with zero attached hydrogens (tertiary/aromatic N) is 1. The van der Waals surface area contributed by atoms with Crippen LogP contribution in [0.5, 0.6) is 0 Å². The Kier molecular flexibility index (Phi) is 2.76. The Balaban J connectivity index is 2.50. The van der Waals surface area contributed by atoms with E-state index in [0.29, 0.717) is 22.0 Å². The van der Waals surface area contributed by atoms with E-state index < -0.39 is 0 Å². The van der Waals surface area contributed by atoms with E-state index in [4.69, 9.17) is 23.2 Å². The first kappa shape index (κ1) is 10.6. The van der Waals surface area contributed by atoms with Crippen molar-refractivity contribution in [1.29, 1.82) is 0 Å². The van der Waals surface area contributed by atoms with Gasteiger partial charge in [0.1, 0.15) is 5.52 Å². The summed E-state index contributed by atoms with van der Waals surface area (Å²) < 4.78 is 0. The van der Waals surface area contributed by atoms with Crippen molar-refractivity contribution < 1.29 is 0 Å². The molecule has 2 rings (SSSR count). The zero-order valence-electron chi connectivity index (χ0n) is 8.44. The minimum absolute atomic E-state index is 0.319. The van der Waals surface area contributed by atoms with Crippen molar-refractivity contribution in [3.63, 3.8) is 0 Å². The smallest absolute Gasteiger partial charge is 0.201 e. The molecule has 0 saturated heterocycles. The molecule has 0 amide bonds. The number of nitrogens with one attached hydrogen (secondary N) is 2. The van der Waals surface area contributed by atoms with Gasteiger partial charge < -0.3 is 10.3 Å². The molecule has 80 valence electrons. The fourth-order valence-corrected chi connectivity index (χ4v) is 1.92. The first-order chi connectivity index (χ1) is 7.06. The molecule has 0 spiro atoms. The van der Waals surface area contributed by atoms with E-state index in [1.165, 1.54) is 0 Å². The van der Waals surface area contributed by atoms with Crippen molar-refractivity contribution >= 4 is 40.2 Å². The Morgan fingerprint density at radius 1 is 1.33 bits per heavy atom. The lowest BCUT2D eigenvalue weighted by Gasteiger charge is -2.04. The summed E-state index contributed by atoms with van der Waals surface area (Å²) in [7, 11) is 0. The molecule has 0 fully saturated rings. The Bertz CT molecular complexity index is 491. The molecule has 2 aromatic rings. The van der Waals surface area contributed by atoms with Crippen LogP contribution in [0.15, 0.2) is 12.1 Å². The fraction of sp³-hybridized carbons (Fsp3) is 0.300. The van der Waals surface area contributed by atoms with E-state index in [1.807, 2.05) is 13.8 Å². The fourth-order valence-electron chi connectivity index (χ4n) is 1.38. The second-order valence-corrected chi connectivity index (χ2v) is 4.51. The van der Waals surface area contributed by atoms with Crippen LogP contribution in [-0.4, -0.2) is 16.0 Å². The summed E-state index contributed by atoms with van der Waals surface area (Å²) in [5.41, 5.74) is 1.58. The second-order valence-electron chi connectivity index (χ2n) is 3.67. The molecule has 15 heavy (non-hydrogen) atoms. The molecule has 0 aliphatic heterocycles. The van der Waals surface area contributed by atoms with E-state index in [1.54, 1.807) is 12.1 Å². The maximum atomic E-state index is 6.02. The molecule has 1 heterocycles. The van der Waals surface area contributed by atoms with Gasteiger partial charge in [-0.3, -0.25) is 0 Å². The number of benzene rings is 1. The van der Waals surface area contributed by atoms with Crippen molar-refractivity contribution in [1.82, 2.24) is 9.97 Å². The van der Waals surface area contributed by atoms with E-state index in [0.717, 1.165) is 11.0 Å². The molecule has 5 heteroatoms. The van der Waals surface area contributed by atoms with Crippen molar-refractivity contribution in [2.75, 3.05) is 5.32 Å². The number of anilines is 1. The van der Waals surface area contributed by atoms with Crippen LogP contribution in [0.1, 0.15) is 13.8 Å². The van der Waals surface area contributed by atoms with Crippen LogP contribution >= 0.6 is 23.2 Å². The van der Waals surface area contributed by atoms with Gasteiger partial charge in [0.25, 0.3) is 0 Å². The molecule has 1 aromatic carbocycles. The van der Waals surface area contributed by atoms with Crippen LogP contribution in [0.25, 0.3) is 11.0 Å². The van der Waals surface area contributed by atoms with Gasteiger partial charge in [0.15, 0.2) is 0 Å². The highest BCUT2D eigenvalue weighted by Crippen LogP contribution is 2.27.